The number of amides is 3. The Balaban J connectivity index is 1.48. The van der Waals surface area contributed by atoms with E-state index in [4.69, 9.17) is 14.2 Å². The molecule has 3 aromatic rings. The fourth-order valence-corrected chi connectivity index (χ4v) is 4.27. The van der Waals surface area contributed by atoms with Crippen molar-refractivity contribution in [2.75, 3.05) is 44.6 Å². The van der Waals surface area contributed by atoms with E-state index in [-0.39, 0.29) is 18.4 Å². The molecule has 3 amide bonds. The van der Waals surface area contributed by atoms with Gasteiger partial charge in [0.15, 0.2) is 0 Å². The SMILES string of the molecule is COc1ccc(CC(=O)Nc2ccccc2N2CCCN(Cc3cc(OC)cc(OC)c3)C2=O)cc1. The minimum atomic E-state index is -0.155. The molecule has 4 rings (SSSR count). The van der Waals surface area contributed by atoms with E-state index in [1.165, 1.54) is 0 Å². The number of carbonyl (C=O) groups excluding carboxylic acids is 2. The molecular weight excluding hydrogens is 458 g/mol. The summed E-state index contributed by atoms with van der Waals surface area (Å²) in [5, 5.41) is 2.98. The first-order valence-electron chi connectivity index (χ1n) is 11.8. The van der Waals surface area contributed by atoms with Crippen LogP contribution in [0.2, 0.25) is 0 Å². The third-order valence-electron chi connectivity index (χ3n) is 6.09. The highest BCUT2D eigenvalue weighted by atomic mass is 16.5. The molecule has 0 radical (unpaired) electrons. The van der Waals surface area contributed by atoms with E-state index < -0.39 is 0 Å². The Bertz CT molecular complexity index is 1190. The molecule has 8 heteroatoms. The number of nitrogens with one attached hydrogen (secondary N) is 1. The molecule has 3 aromatic carbocycles. The number of nitrogens with zero attached hydrogens (tertiary/aromatic N) is 2. The van der Waals surface area contributed by atoms with Gasteiger partial charge in [-0.15, -0.1) is 0 Å². The number of carbonyl (C=O) groups is 2. The molecule has 1 aliphatic rings. The first kappa shape index (κ1) is 24.9. The summed E-state index contributed by atoms with van der Waals surface area (Å²) >= 11 is 0. The molecule has 0 atom stereocenters. The van der Waals surface area contributed by atoms with Gasteiger partial charge in [-0.1, -0.05) is 24.3 Å². The van der Waals surface area contributed by atoms with Crippen LogP contribution in [0.5, 0.6) is 17.2 Å². The van der Waals surface area contributed by atoms with Crippen LogP contribution < -0.4 is 24.4 Å². The third-order valence-corrected chi connectivity index (χ3v) is 6.09. The molecule has 1 aliphatic heterocycles. The highest BCUT2D eigenvalue weighted by molar-refractivity contribution is 6.01. The maximum Gasteiger partial charge on any atom is 0.324 e. The van der Waals surface area contributed by atoms with Gasteiger partial charge in [0.2, 0.25) is 5.91 Å². The number of hydrogen-bond donors (Lipinski definition) is 1. The summed E-state index contributed by atoms with van der Waals surface area (Å²) in [7, 11) is 4.81. The van der Waals surface area contributed by atoms with E-state index in [2.05, 4.69) is 5.32 Å². The lowest BCUT2D eigenvalue weighted by molar-refractivity contribution is -0.115. The number of rotatable bonds is 9. The summed E-state index contributed by atoms with van der Waals surface area (Å²) in [5.41, 5.74) is 3.08. The number of ether oxygens (including phenoxy) is 3. The Labute approximate surface area is 211 Å². The predicted molar refractivity (Wildman–Crippen MR) is 139 cm³/mol. The molecule has 0 aromatic heterocycles. The van der Waals surface area contributed by atoms with Crippen molar-refractivity contribution in [3.05, 3.63) is 77.9 Å². The van der Waals surface area contributed by atoms with Crippen LogP contribution in [0.1, 0.15) is 17.5 Å². The molecule has 0 unspecified atom stereocenters. The summed E-state index contributed by atoms with van der Waals surface area (Å²) in [6.45, 7) is 1.64. The van der Waals surface area contributed by atoms with Crippen LogP contribution in [0, 0.1) is 0 Å². The fraction of sp³-hybridized carbons (Fsp3) is 0.286. The quantitative estimate of drug-likeness (QED) is 0.470. The van der Waals surface area contributed by atoms with Gasteiger partial charge in [0.25, 0.3) is 0 Å². The average Bonchev–Trinajstić information content (AvgIpc) is 2.90. The van der Waals surface area contributed by atoms with E-state index in [1.54, 1.807) is 37.2 Å². The van der Waals surface area contributed by atoms with Gasteiger partial charge in [0.1, 0.15) is 17.2 Å². The lowest BCUT2D eigenvalue weighted by Gasteiger charge is -2.36. The maximum atomic E-state index is 13.5. The van der Waals surface area contributed by atoms with Gasteiger partial charge < -0.3 is 24.4 Å². The minimum absolute atomic E-state index is 0.111. The molecule has 0 bridgehead atoms. The van der Waals surface area contributed by atoms with Gasteiger partial charge in [-0.25, -0.2) is 4.79 Å². The Hall–Kier alpha value is -4.20. The second-order valence-electron chi connectivity index (χ2n) is 8.52. The van der Waals surface area contributed by atoms with Crippen molar-refractivity contribution in [3.8, 4) is 17.2 Å². The van der Waals surface area contributed by atoms with Crippen LogP contribution >= 0.6 is 0 Å². The summed E-state index contributed by atoms with van der Waals surface area (Å²) in [5.74, 6) is 1.94. The molecule has 8 nitrogen and oxygen atoms in total. The van der Waals surface area contributed by atoms with Gasteiger partial charge in [-0.05, 0) is 53.9 Å². The van der Waals surface area contributed by atoms with Crippen molar-refractivity contribution in [1.29, 1.82) is 0 Å². The topological polar surface area (TPSA) is 80.3 Å². The molecule has 1 fully saturated rings. The Morgan fingerprint density at radius 3 is 2.17 bits per heavy atom. The van der Waals surface area contributed by atoms with Crippen molar-refractivity contribution >= 4 is 23.3 Å². The normalized spacial score (nSPS) is 13.4. The van der Waals surface area contributed by atoms with Gasteiger partial charge in [0.05, 0.1) is 39.1 Å². The highest BCUT2D eigenvalue weighted by Crippen LogP contribution is 2.30. The second-order valence-corrected chi connectivity index (χ2v) is 8.52. The number of anilines is 2. The van der Waals surface area contributed by atoms with E-state index in [9.17, 15) is 9.59 Å². The molecule has 0 spiro atoms. The number of hydrogen-bond acceptors (Lipinski definition) is 5. The summed E-state index contributed by atoms with van der Waals surface area (Å²) in [6.07, 6.45) is 1.02. The zero-order valence-electron chi connectivity index (χ0n) is 20.8. The molecule has 1 N–H and O–H groups in total. The van der Waals surface area contributed by atoms with Gasteiger partial charge in [0, 0.05) is 25.7 Å². The molecule has 0 saturated carbocycles. The number of benzene rings is 3. The van der Waals surface area contributed by atoms with Crippen LogP contribution in [0.3, 0.4) is 0 Å². The van der Waals surface area contributed by atoms with E-state index in [1.807, 2.05) is 60.7 Å². The van der Waals surface area contributed by atoms with Crippen molar-refractivity contribution in [3.63, 3.8) is 0 Å². The summed E-state index contributed by atoms with van der Waals surface area (Å²) in [6, 6.07) is 20.3. The first-order valence-corrected chi connectivity index (χ1v) is 11.8. The second kappa shape index (κ2) is 11.5. The lowest BCUT2D eigenvalue weighted by Crippen LogP contribution is -2.49. The smallest absolute Gasteiger partial charge is 0.324 e. The average molecular weight is 490 g/mol. The molecule has 36 heavy (non-hydrogen) atoms. The van der Waals surface area contributed by atoms with Crippen LogP contribution in [0.15, 0.2) is 66.7 Å². The number of para-hydroxylation sites is 2. The molecule has 1 saturated heterocycles. The van der Waals surface area contributed by atoms with E-state index in [0.29, 0.717) is 42.5 Å². The van der Waals surface area contributed by atoms with E-state index in [0.717, 1.165) is 23.3 Å². The Morgan fingerprint density at radius 1 is 0.833 bits per heavy atom. The maximum absolute atomic E-state index is 13.5. The summed E-state index contributed by atoms with van der Waals surface area (Å²) < 4.78 is 15.9. The van der Waals surface area contributed by atoms with Crippen molar-refractivity contribution in [2.45, 2.75) is 19.4 Å². The predicted octanol–water partition coefficient (Wildman–Crippen LogP) is 4.73. The Kier molecular flexibility index (Phi) is 7.95. The van der Waals surface area contributed by atoms with Gasteiger partial charge in [-0.3, -0.25) is 9.69 Å². The van der Waals surface area contributed by atoms with Crippen LogP contribution in [-0.4, -0.2) is 51.3 Å². The minimum Gasteiger partial charge on any atom is -0.497 e. The van der Waals surface area contributed by atoms with Crippen molar-refractivity contribution in [1.82, 2.24) is 4.90 Å². The van der Waals surface area contributed by atoms with Gasteiger partial charge in [-0.2, -0.15) is 0 Å². The zero-order valence-corrected chi connectivity index (χ0v) is 20.8. The standard InChI is InChI=1S/C28H31N3O5/c1-34-22-11-9-20(10-12-22)17-27(32)29-25-7-4-5-8-26(25)31-14-6-13-30(28(31)33)19-21-15-23(35-2)18-24(16-21)36-3/h4-5,7-12,15-16,18H,6,13-14,17,19H2,1-3H3,(H,29,32). The van der Waals surface area contributed by atoms with Crippen molar-refractivity contribution in [2.24, 2.45) is 0 Å². The lowest BCUT2D eigenvalue weighted by atomic mass is 10.1. The number of urea groups is 1. The first-order chi connectivity index (χ1) is 17.5. The fourth-order valence-electron chi connectivity index (χ4n) is 4.27. The molecule has 0 aliphatic carbocycles. The van der Waals surface area contributed by atoms with E-state index >= 15 is 0 Å². The molecular formula is C28H31N3O5. The third kappa shape index (κ3) is 5.89. The Morgan fingerprint density at radius 2 is 1.50 bits per heavy atom. The number of methoxy groups -OCH3 is 3. The van der Waals surface area contributed by atoms with Gasteiger partial charge >= 0.3 is 6.03 Å². The molecule has 1 heterocycles. The van der Waals surface area contributed by atoms with Crippen molar-refractivity contribution < 1.29 is 23.8 Å². The molecule has 188 valence electrons. The zero-order chi connectivity index (χ0) is 25.5. The van der Waals surface area contributed by atoms with Crippen LogP contribution in [0.25, 0.3) is 0 Å². The monoisotopic (exact) mass is 489 g/mol. The summed E-state index contributed by atoms with van der Waals surface area (Å²) in [4.78, 5) is 29.8. The largest absolute Gasteiger partial charge is 0.497 e. The van der Waals surface area contributed by atoms with Crippen LogP contribution in [-0.2, 0) is 17.8 Å². The highest BCUT2D eigenvalue weighted by Gasteiger charge is 2.28. The van der Waals surface area contributed by atoms with Crippen LogP contribution in [0.4, 0.5) is 16.2 Å².